The molecule has 0 aliphatic carbocycles. The average Bonchev–Trinajstić information content (AvgIpc) is 3.05. The van der Waals surface area contributed by atoms with Gasteiger partial charge in [-0.05, 0) is 36.6 Å². The van der Waals surface area contributed by atoms with Crippen LogP contribution in [0.4, 0.5) is 0 Å². The van der Waals surface area contributed by atoms with Crippen molar-refractivity contribution in [2.75, 3.05) is 7.05 Å². The summed E-state index contributed by atoms with van der Waals surface area (Å²) in [6, 6.07) is 20.5. The molecule has 0 radical (unpaired) electrons. The van der Waals surface area contributed by atoms with Gasteiger partial charge in [0, 0.05) is 25.1 Å². The summed E-state index contributed by atoms with van der Waals surface area (Å²) >= 11 is 0. The lowest BCUT2D eigenvalue weighted by molar-refractivity contribution is -0.130. The molecule has 1 amide bonds. The monoisotopic (exact) mass is 347 g/mol. The lowest BCUT2D eigenvalue weighted by Crippen LogP contribution is -2.28. The molecule has 0 fully saturated rings. The van der Waals surface area contributed by atoms with Gasteiger partial charge in [0.1, 0.15) is 0 Å². The maximum Gasteiger partial charge on any atom is 0.223 e. The summed E-state index contributed by atoms with van der Waals surface area (Å²) in [5, 5.41) is 7.15. The molecule has 1 aromatic heterocycles. The molecule has 0 saturated heterocycles. The van der Waals surface area contributed by atoms with Gasteiger partial charge in [-0.15, -0.1) is 0 Å². The fourth-order valence-electron chi connectivity index (χ4n) is 3.29. The Kier molecular flexibility index (Phi) is 5.52. The molecular formula is C22H25N3O. The fourth-order valence-corrected chi connectivity index (χ4v) is 3.29. The first kappa shape index (κ1) is 17.9. The van der Waals surface area contributed by atoms with Crippen molar-refractivity contribution in [2.24, 2.45) is 0 Å². The summed E-state index contributed by atoms with van der Waals surface area (Å²) in [5.41, 5.74) is 5.46. The van der Waals surface area contributed by atoms with E-state index in [2.05, 4.69) is 41.4 Å². The molecule has 0 unspecified atom stereocenters. The first-order chi connectivity index (χ1) is 12.5. The second kappa shape index (κ2) is 8.00. The number of nitrogens with zero attached hydrogens (tertiary/aromatic N) is 2. The van der Waals surface area contributed by atoms with Crippen LogP contribution in [0.15, 0.2) is 60.7 Å². The van der Waals surface area contributed by atoms with E-state index in [9.17, 15) is 4.79 Å². The van der Waals surface area contributed by atoms with Crippen LogP contribution in [-0.2, 0) is 11.3 Å². The van der Waals surface area contributed by atoms with Crippen molar-refractivity contribution in [3.63, 3.8) is 0 Å². The molecule has 134 valence electrons. The Morgan fingerprint density at radius 3 is 2.42 bits per heavy atom. The Morgan fingerprint density at radius 1 is 1.08 bits per heavy atom. The van der Waals surface area contributed by atoms with Gasteiger partial charge in [0.05, 0.1) is 12.2 Å². The molecule has 3 aromatic rings. The van der Waals surface area contributed by atoms with E-state index in [1.165, 1.54) is 16.7 Å². The number of benzene rings is 2. The average molecular weight is 347 g/mol. The number of nitrogens with one attached hydrogen (secondary N) is 1. The quantitative estimate of drug-likeness (QED) is 0.726. The number of hydrogen-bond acceptors (Lipinski definition) is 2. The molecule has 0 spiro atoms. The Bertz CT molecular complexity index is 870. The van der Waals surface area contributed by atoms with Crippen molar-refractivity contribution in [3.05, 3.63) is 88.7 Å². The van der Waals surface area contributed by atoms with Gasteiger partial charge in [0.2, 0.25) is 5.91 Å². The zero-order chi connectivity index (χ0) is 18.5. The van der Waals surface area contributed by atoms with Crippen LogP contribution < -0.4 is 0 Å². The third-order valence-corrected chi connectivity index (χ3v) is 4.73. The fraction of sp³-hybridized carbons (Fsp3) is 0.273. The molecule has 0 saturated carbocycles. The van der Waals surface area contributed by atoms with Crippen molar-refractivity contribution < 1.29 is 4.79 Å². The summed E-state index contributed by atoms with van der Waals surface area (Å²) < 4.78 is 0. The molecular weight excluding hydrogens is 322 g/mol. The van der Waals surface area contributed by atoms with E-state index in [0.29, 0.717) is 13.0 Å². The Hall–Kier alpha value is -2.88. The molecule has 4 heteroatoms. The van der Waals surface area contributed by atoms with Crippen LogP contribution in [0.25, 0.3) is 0 Å². The highest BCUT2D eigenvalue weighted by Gasteiger charge is 2.22. The second-order valence-electron chi connectivity index (χ2n) is 6.82. The summed E-state index contributed by atoms with van der Waals surface area (Å²) in [6.07, 6.45) is 0.439. The first-order valence-electron chi connectivity index (χ1n) is 8.90. The molecule has 1 N–H and O–H groups in total. The van der Waals surface area contributed by atoms with Crippen LogP contribution in [0.3, 0.4) is 0 Å². The molecule has 3 rings (SSSR count). The van der Waals surface area contributed by atoms with Gasteiger partial charge in [-0.2, -0.15) is 5.10 Å². The number of aromatic nitrogens is 2. The number of aryl methyl sites for hydroxylation is 2. The van der Waals surface area contributed by atoms with Gasteiger partial charge in [0.15, 0.2) is 0 Å². The van der Waals surface area contributed by atoms with Crippen molar-refractivity contribution in [1.82, 2.24) is 15.1 Å². The van der Waals surface area contributed by atoms with Gasteiger partial charge >= 0.3 is 0 Å². The highest BCUT2D eigenvalue weighted by atomic mass is 16.2. The van der Waals surface area contributed by atoms with Crippen molar-refractivity contribution in [2.45, 2.75) is 32.7 Å². The Morgan fingerprint density at radius 2 is 1.77 bits per heavy atom. The van der Waals surface area contributed by atoms with Crippen molar-refractivity contribution in [3.8, 4) is 0 Å². The number of H-pyrrole nitrogens is 1. The number of carbonyl (C=O) groups is 1. The van der Waals surface area contributed by atoms with Gasteiger partial charge in [-0.25, -0.2) is 0 Å². The van der Waals surface area contributed by atoms with Crippen LogP contribution in [0.5, 0.6) is 0 Å². The summed E-state index contributed by atoms with van der Waals surface area (Å²) in [5.74, 6) is 0.163. The Labute approximate surface area is 154 Å². The summed E-state index contributed by atoms with van der Waals surface area (Å²) in [4.78, 5) is 14.7. The molecule has 0 bridgehead atoms. The molecule has 0 aliphatic heterocycles. The Balaban J connectivity index is 1.81. The minimum atomic E-state index is 0.0493. The SMILES string of the molecule is Cc1cc(CN(C)C(=O)C[C@H](c2ccccc2)c2ccccc2C)n[nH]1. The van der Waals surface area contributed by atoms with Crippen molar-refractivity contribution in [1.29, 1.82) is 0 Å². The second-order valence-corrected chi connectivity index (χ2v) is 6.82. The normalized spacial score (nSPS) is 12.0. The highest BCUT2D eigenvalue weighted by molar-refractivity contribution is 5.77. The lowest BCUT2D eigenvalue weighted by Gasteiger charge is -2.23. The zero-order valence-corrected chi connectivity index (χ0v) is 15.6. The van der Waals surface area contributed by atoms with Crippen LogP contribution in [-0.4, -0.2) is 28.1 Å². The summed E-state index contributed by atoms with van der Waals surface area (Å²) in [6.45, 7) is 4.58. The van der Waals surface area contributed by atoms with Gasteiger partial charge in [-0.1, -0.05) is 54.6 Å². The largest absolute Gasteiger partial charge is 0.340 e. The maximum atomic E-state index is 12.9. The standard InChI is InChI=1S/C22H25N3O/c1-16-9-7-8-12-20(16)21(18-10-5-4-6-11-18)14-22(26)25(3)15-19-13-17(2)23-24-19/h4-13,21H,14-15H2,1-3H3,(H,23,24)/t21-/m1/s1. The summed E-state index contributed by atoms with van der Waals surface area (Å²) in [7, 11) is 1.84. The lowest BCUT2D eigenvalue weighted by atomic mass is 9.85. The molecule has 4 nitrogen and oxygen atoms in total. The number of rotatable bonds is 6. The van der Waals surface area contributed by atoms with E-state index in [1.54, 1.807) is 4.90 Å². The number of amides is 1. The molecule has 1 atom stereocenters. The minimum Gasteiger partial charge on any atom is -0.340 e. The third-order valence-electron chi connectivity index (χ3n) is 4.73. The highest BCUT2D eigenvalue weighted by Crippen LogP contribution is 2.30. The molecule has 0 aliphatic rings. The van der Waals surface area contributed by atoms with Gasteiger partial charge < -0.3 is 4.90 Å². The molecule has 2 aromatic carbocycles. The maximum absolute atomic E-state index is 12.9. The van der Waals surface area contributed by atoms with E-state index in [1.807, 2.05) is 50.4 Å². The first-order valence-corrected chi connectivity index (χ1v) is 8.90. The smallest absolute Gasteiger partial charge is 0.223 e. The number of aromatic amines is 1. The van der Waals surface area contributed by atoms with Gasteiger partial charge in [0.25, 0.3) is 0 Å². The third kappa shape index (κ3) is 4.20. The van der Waals surface area contributed by atoms with E-state index in [4.69, 9.17) is 0 Å². The van der Waals surface area contributed by atoms with Crippen LogP contribution >= 0.6 is 0 Å². The van der Waals surface area contributed by atoms with Crippen LogP contribution in [0.2, 0.25) is 0 Å². The topological polar surface area (TPSA) is 49.0 Å². The van der Waals surface area contributed by atoms with E-state index in [-0.39, 0.29) is 11.8 Å². The van der Waals surface area contributed by atoms with Crippen LogP contribution in [0, 0.1) is 13.8 Å². The van der Waals surface area contributed by atoms with Crippen LogP contribution in [0.1, 0.15) is 40.4 Å². The molecule has 26 heavy (non-hydrogen) atoms. The minimum absolute atomic E-state index is 0.0493. The number of carbonyl (C=O) groups excluding carboxylic acids is 1. The van der Waals surface area contributed by atoms with E-state index >= 15 is 0 Å². The van der Waals surface area contributed by atoms with E-state index < -0.39 is 0 Å². The predicted octanol–water partition coefficient (Wildman–Crippen LogP) is 4.21. The zero-order valence-electron chi connectivity index (χ0n) is 15.6. The van der Waals surface area contributed by atoms with Crippen molar-refractivity contribution >= 4 is 5.91 Å². The van der Waals surface area contributed by atoms with Gasteiger partial charge in [-0.3, -0.25) is 9.89 Å². The van der Waals surface area contributed by atoms with E-state index in [0.717, 1.165) is 11.4 Å². The number of hydrogen-bond donors (Lipinski definition) is 1. The predicted molar refractivity (Wildman–Crippen MR) is 104 cm³/mol. The molecule has 1 heterocycles.